The Balaban J connectivity index is 2.09. The molecule has 5 nitrogen and oxygen atoms in total. The maximum atomic E-state index is 12.0. The van der Waals surface area contributed by atoms with E-state index in [4.69, 9.17) is 22.1 Å². The largest absolute Gasteiger partial charge is 0.449 e. The number of hydrogen-bond acceptors (Lipinski definition) is 4. The number of hydrogen-bond donors (Lipinski definition) is 2. The van der Waals surface area contributed by atoms with Crippen molar-refractivity contribution < 1.29 is 14.3 Å². The van der Waals surface area contributed by atoms with Gasteiger partial charge in [0.25, 0.3) is 5.91 Å². The SMILES string of the molecule is Nc1ccc(C(=O)OC2CCCCNC2=O)c(Cl)c1. The molecule has 6 heteroatoms. The van der Waals surface area contributed by atoms with Gasteiger partial charge in [0.1, 0.15) is 0 Å². The third-order valence-electron chi connectivity index (χ3n) is 2.95. The number of rotatable bonds is 2. The minimum atomic E-state index is -0.747. The smallest absolute Gasteiger partial charge is 0.340 e. The van der Waals surface area contributed by atoms with Gasteiger partial charge in [-0.3, -0.25) is 4.79 Å². The first-order valence-corrected chi connectivity index (χ1v) is 6.49. The summed E-state index contributed by atoms with van der Waals surface area (Å²) in [6.07, 6.45) is 1.52. The summed E-state index contributed by atoms with van der Waals surface area (Å²) < 4.78 is 5.21. The number of carbonyl (C=O) groups excluding carboxylic acids is 2. The van der Waals surface area contributed by atoms with Gasteiger partial charge in [-0.05, 0) is 37.5 Å². The molecule has 1 saturated heterocycles. The predicted octanol–water partition coefficient (Wildman–Crippen LogP) is 1.75. The van der Waals surface area contributed by atoms with Crippen LogP contribution >= 0.6 is 11.6 Å². The van der Waals surface area contributed by atoms with E-state index < -0.39 is 12.1 Å². The number of nitrogens with two attached hydrogens (primary N) is 1. The molecule has 1 aliphatic rings. The molecule has 0 aliphatic carbocycles. The van der Waals surface area contributed by atoms with E-state index in [0.717, 1.165) is 12.8 Å². The highest BCUT2D eigenvalue weighted by atomic mass is 35.5. The maximum absolute atomic E-state index is 12.0. The average molecular weight is 283 g/mol. The first-order chi connectivity index (χ1) is 9.08. The van der Waals surface area contributed by atoms with Crippen LogP contribution in [0.5, 0.6) is 0 Å². The Labute approximate surface area is 116 Å². The highest BCUT2D eigenvalue weighted by Gasteiger charge is 2.25. The van der Waals surface area contributed by atoms with Crippen molar-refractivity contribution in [1.82, 2.24) is 5.32 Å². The van der Waals surface area contributed by atoms with Crippen LogP contribution in [-0.4, -0.2) is 24.5 Å². The van der Waals surface area contributed by atoms with Crippen molar-refractivity contribution in [1.29, 1.82) is 0 Å². The van der Waals surface area contributed by atoms with Gasteiger partial charge in [0.15, 0.2) is 6.10 Å². The van der Waals surface area contributed by atoms with E-state index in [2.05, 4.69) is 5.32 Å². The Hall–Kier alpha value is -1.75. The quantitative estimate of drug-likeness (QED) is 0.639. The second-order valence-corrected chi connectivity index (χ2v) is 4.83. The van der Waals surface area contributed by atoms with E-state index in [1.165, 1.54) is 12.1 Å². The summed E-state index contributed by atoms with van der Waals surface area (Å²) in [6.45, 7) is 0.621. The summed E-state index contributed by atoms with van der Waals surface area (Å²) in [5, 5.41) is 2.93. The Kier molecular flexibility index (Phi) is 4.27. The van der Waals surface area contributed by atoms with E-state index in [9.17, 15) is 9.59 Å². The third kappa shape index (κ3) is 3.38. The molecule has 3 N–H and O–H groups in total. The number of benzene rings is 1. The number of amides is 1. The van der Waals surface area contributed by atoms with Gasteiger partial charge in [0.2, 0.25) is 0 Å². The van der Waals surface area contributed by atoms with Crippen molar-refractivity contribution >= 4 is 29.2 Å². The van der Waals surface area contributed by atoms with Crippen LogP contribution in [0.4, 0.5) is 5.69 Å². The van der Waals surface area contributed by atoms with Crippen molar-refractivity contribution in [2.24, 2.45) is 0 Å². The molecule has 1 amide bonds. The highest BCUT2D eigenvalue weighted by molar-refractivity contribution is 6.33. The second kappa shape index (κ2) is 5.93. The standard InChI is InChI=1S/C13H15ClN2O3/c14-10-7-8(15)4-5-9(10)13(18)19-11-3-1-2-6-16-12(11)17/h4-5,7,11H,1-3,6,15H2,(H,16,17). The normalized spacial score (nSPS) is 19.4. The molecule has 0 spiro atoms. The van der Waals surface area contributed by atoms with Crippen LogP contribution in [0.15, 0.2) is 18.2 Å². The van der Waals surface area contributed by atoms with Crippen LogP contribution in [0, 0.1) is 0 Å². The van der Waals surface area contributed by atoms with Crippen molar-refractivity contribution in [2.75, 3.05) is 12.3 Å². The summed E-state index contributed by atoms with van der Waals surface area (Å²) in [5.74, 6) is -0.857. The van der Waals surface area contributed by atoms with E-state index >= 15 is 0 Å². The lowest BCUT2D eigenvalue weighted by Gasteiger charge is -2.15. The molecule has 1 heterocycles. The van der Waals surface area contributed by atoms with Crippen LogP contribution in [-0.2, 0) is 9.53 Å². The third-order valence-corrected chi connectivity index (χ3v) is 3.26. The van der Waals surface area contributed by atoms with Gasteiger partial charge in [0.05, 0.1) is 10.6 Å². The van der Waals surface area contributed by atoms with Crippen LogP contribution in [0.2, 0.25) is 5.02 Å². The van der Waals surface area contributed by atoms with Crippen LogP contribution in [0.25, 0.3) is 0 Å². The highest BCUT2D eigenvalue weighted by Crippen LogP contribution is 2.21. The Morgan fingerprint density at radius 3 is 2.95 bits per heavy atom. The van der Waals surface area contributed by atoms with Crippen LogP contribution in [0.1, 0.15) is 29.6 Å². The average Bonchev–Trinajstić information content (AvgIpc) is 2.55. The van der Waals surface area contributed by atoms with Crippen molar-refractivity contribution in [3.8, 4) is 0 Å². The van der Waals surface area contributed by atoms with E-state index in [0.29, 0.717) is 18.7 Å². The van der Waals surface area contributed by atoms with E-state index in [1.807, 2.05) is 0 Å². The zero-order valence-corrected chi connectivity index (χ0v) is 11.1. The zero-order valence-electron chi connectivity index (χ0n) is 10.3. The number of carbonyl (C=O) groups is 2. The fourth-order valence-corrected chi connectivity index (χ4v) is 2.18. The van der Waals surface area contributed by atoms with Gasteiger partial charge in [-0.15, -0.1) is 0 Å². The number of halogens is 1. The molecule has 2 rings (SSSR count). The summed E-state index contributed by atoms with van der Waals surface area (Å²) in [5.41, 5.74) is 6.24. The minimum Gasteiger partial charge on any atom is -0.449 e. The lowest BCUT2D eigenvalue weighted by atomic mass is 10.1. The lowest BCUT2D eigenvalue weighted by Crippen LogP contribution is -2.36. The Bertz CT molecular complexity index is 505. The molecule has 19 heavy (non-hydrogen) atoms. The van der Waals surface area contributed by atoms with Crippen molar-refractivity contribution in [3.05, 3.63) is 28.8 Å². The molecule has 1 aliphatic heterocycles. The molecular weight excluding hydrogens is 268 g/mol. The maximum Gasteiger partial charge on any atom is 0.340 e. The molecule has 1 aromatic carbocycles. The molecule has 1 aromatic rings. The molecule has 1 unspecified atom stereocenters. The van der Waals surface area contributed by atoms with Gasteiger partial charge in [-0.25, -0.2) is 4.79 Å². The number of esters is 1. The summed E-state index contributed by atoms with van der Waals surface area (Å²) >= 11 is 5.93. The van der Waals surface area contributed by atoms with E-state index in [-0.39, 0.29) is 16.5 Å². The number of anilines is 1. The van der Waals surface area contributed by atoms with Gasteiger partial charge >= 0.3 is 5.97 Å². The molecule has 0 aromatic heterocycles. The Morgan fingerprint density at radius 2 is 2.21 bits per heavy atom. The van der Waals surface area contributed by atoms with Crippen LogP contribution < -0.4 is 11.1 Å². The molecular formula is C13H15ClN2O3. The lowest BCUT2D eigenvalue weighted by molar-refractivity contribution is -0.129. The molecule has 1 fully saturated rings. The van der Waals surface area contributed by atoms with Gasteiger partial charge in [-0.1, -0.05) is 11.6 Å². The summed E-state index contributed by atoms with van der Waals surface area (Å²) in [6, 6.07) is 4.54. The van der Waals surface area contributed by atoms with Gasteiger partial charge in [-0.2, -0.15) is 0 Å². The summed E-state index contributed by atoms with van der Waals surface area (Å²) in [7, 11) is 0. The zero-order chi connectivity index (χ0) is 13.8. The van der Waals surface area contributed by atoms with E-state index in [1.54, 1.807) is 6.07 Å². The minimum absolute atomic E-state index is 0.216. The van der Waals surface area contributed by atoms with Crippen molar-refractivity contribution in [2.45, 2.75) is 25.4 Å². The van der Waals surface area contributed by atoms with Gasteiger partial charge < -0.3 is 15.8 Å². The Morgan fingerprint density at radius 1 is 1.42 bits per heavy atom. The van der Waals surface area contributed by atoms with Crippen molar-refractivity contribution in [3.63, 3.8) is 0 Å². The van der Waals surface area contributed by atoms with Crippen LogP contribution in [0.3, 0.4) is 0 Å². The fraction of sp³-hybridized carbons (Fsp3) is 0.385. The number of ether oxygens (including phenoxy) is 1. The first-order valence-electron chi connectivity index (χ1n) is 6.11. The molecule has 0 saturated carbocycles. The fourth-order valence-electron chi connectivity index (χ4n) is 1.91. The molecule has 102 valence electrons. The number of nitrogen functional groups attached to an aromatic ring is 1. The number of nitrogens with one attached hydrogen (secondary N) is 1. The van der Waals surface area contributed by atoms with Gasteiger partial charge in [0, 0.05) is 12.2 Å². The molecule has 0 bridgehead atoms. The predicted molar refractivity (Wildman–Crippen MR) is 71.9 cm³/mol. The second-order valence-electron chi connectivity index (χ2n) is 4.42. The summed E-state index contributed by atoms with van der Waals surface area (Å²) in [4.78, 5) is 23.7. The molecule has 1 atom stereocenters. The molecule has 0 radical (unpaired) electrons. The first kappa shape index (κ1) is 13.7. The monoisotopic (exact) mass is 282 g/mol. The topological polar surface area (TPSA) is 81.4 Å².